The van der Waals surface area contributed by atoms with Crippen molar-refractivity contribution in [3.8, 4) is 0 Å². The highest BCUT2D eigenvalue weighted by atomic mass is 32.1. The lowest BCUT2D eigenvalue weighted by molar-refractivity contribution is -0.120. The van der Waals surface area contributed by atoms with Crippen LogP contribution in [0, 0.1) is 10.8 Å². The molecule has 2 unspecified atom stereocenters. The number of rotatable bonds is 5. The van der Waals surface area contributed by atoms with Crippen LogP contribution in [0.5, 0.6) is 0 Å². The fourth-order valence-corrected chi connectivity index (χ4v) is 3.70. The van der Waals surface area contributed by atoms with Gasteiger partial charge in [-0.05, 0) is 37.0 Å². The zero-order valence-electron chi connectivity index (χ0n) is 13.5. The van der Waals surface area contributed by atoms with Crippen LogP contribution in [-0.2, 0) is 9.53 Å². The molecule has 0 spiro atoms. The molecule has 1 saturated carbocycles. The quantitative estimate of drug-likeness (QED) is 0.682. The number of alkyl carbamates (subject to hydrolysis) is 1. The molecule has 5 nitrogen and oxygen atoms in total. The van der Waals surface area contributed by atoms with Gasteiger partial charge in [0.2, 0.25) is 5.91 Å². The molecular weight excluding hydrogens is 288 g/mol. The first-order chi connectivity index (χ1) is 9.69. The molecule has 0 aromatic carbocycles. The standard InChI is InChI=1S/C15H28N2O3S.2H2/c1-5-20-13(19)16-10-15(4)7-11(17-12(18)8-21)6-14(2,3)9-15;;/h11,21H,5-10H2,1-4H3,(H,16,19)(H,17,18);2*1H. The predicted octanol–water partition coefficient (Wildman–Crippen LogP) is 2.86. The third-order valence-corrected chi connectivity index (χ3v) is 4.17. The number of carbonyl (C=O) groups is 2. The molecule has 0 bridgehead atoms. The normalized spacial score (nSPS) is 27.8. The van der Waals surface area contributed by atoms with E-state index in [1.54, 1.807) is 6.92 Å². The van der Waals surface area contributed by atoms with E-state index < -0.39 is 0 Å². The fraction of sp³-hybridized carbons (Fsp3) is 0.867. The zero-order valence-corrected chi connectivity index (χ0v) is 14.4. The Morgan fingerprint density at radius 2 is 2.00 bits per heavy atom. The van der Waals surface area contributed by atoms with Crippen LogP contribution in [0.1, 0.15) is 49.8 Å². The monoisotopic (exact) mass is 320 g/mol. The maximum Gasteiger partial charge on any atom is 0.407 e. The van der Waals surface area contributed by atoms with Gasteiger partial charge in [-0.25, -0.2) is 4.79 Å². The Bertz CT molecular complexity index is 397. The first-order valence-electron chi connectivity index (χ1n) is 7.50. The Labute approximate surface area is 136 Å². The summed E-state index contributed by atoms with van der Waals surface area (Å²) < 4.78 is 4.91. The summed E-state index contributed by atoms with van der Waals surface area (Å²) in [7, 11) is 0. The molecule has 1 aliphatic carbocycles. The fourth-order valence-electron chi connectivity index (χ4n) is 3.61. The molecule has 126 valence electrons. The van der Waals surface area contributed by atoms with Gasteiger partial charge in [-0.1, -0.05) is 20.8 Å². The molecule has 1 rings (SSSR count). The first kappa shape index (κ1) is 18.1. The molecule has 1 aliphatic rings. The Morgan fingerprint density at radius 1 is 1.33 bits per heavy atom. The van der Waals surface area contributed by atoms with Crippen LogP contribution in [0.15, 0.2) is 0 Å². The minimum Gasteiger partial charge on any atom is -0.450 e. The molecular formula is C15H32N2O3S. The number of hydrogen-bond acceptors (Lipinski definition) is 4. The van der Waals surface area contributed by atoms with Crippen LogP contribution < -0.4 is 10.6 Å². The second kappa shape index (κ2) is 7.38. The van der Waals surface area contributed by atoms with Crippen LogP contribution in [-0.4, -0.2) is 36.9 Å². The number of amides is 2. The minimum atomic E-state index is -0.377. The highest BCUT2D eigenvalue weighted by Gasteiger charge is 2.41. The maximum atomic E-state index is 11.6. The lowest BCUT2D eigenvalue weighted by Gasteiger charge is -2.46. The average Bonchev–Trinajstić information content (AvgIpc) is 2.34. The van der Waals surface area contributed by atoms with Crippen molar-refractivity contribution in [2.75, 3.05) is 18.9 Å². The van der Waals surface area contributed by atoms with Gasteiger partial charge in [-0.2, -0.15) is 12.6 Å². The zero-order chi connectivity index (χ0) is 16.1. The van der Waals surface area contributed by atoms with Gasteiger partial charge < -0.3 is 15.4 Å². The summed E-state index contributed by atoms with van der Waals surface area (Å²) in [6.07, 6.45) is 2.42. The van der Waals surface area contributed by atoms with Crippen molar-refractivity contribution in [2.45, 2.75) is 53.0 Å². The Kier molecular flexibility index (Phi) is 6.38. The van der Waals surface area contributed by atoms with E-state index in [9.17, 15) is 9.59 Å². The van der Waals surface area contributed by atoms with Gasteiger partial charge >= 0.3 is 6.09 Å². The van der Waals surface area contributed by atoms with Crippen LogP contribution in [0.2, 0.25) is 0 Å². The van der Waals surface area contributed by atoms with E-state index >= 15 is 0 Å². The summed E-state index contributed by atoms with van der Waals surface area (Å²) in [6, 6.07) is 0.127. The summed E-state index contributed by atoms with van der Waals surface area (Å²) in [4.78, 5) is 23.1. The molecule has 0 heterocycles. The maximum absolute atomic E-state index is 11.6. The molecule has 2 N–H and O–H groups in total. The number of nitrogens with one attached hydrogen (secondary N) is 2. The van der Waals surface area contributed by atoms with Crippen LogP contribution >= 0.6 is 12.6 Å². The molecule has 0 aromatic rings. The Hall–Kier alpha value is -0.910. The van der Waals surface area contributed by atoms with Crippen molar-refractivity contribution >= 4 is 24.6 Å². The molecule has 1 fully saturated rings. The number of ether oxygens (including phenoxy) is 1. The number of hydrogen-bond donors (Lipinski definition) is 3. The average molecular weight is 320 g/mol. The van der Waals surface area contributed by atoms with E-state index in [4.69, 9.17) is 4.74 Å². The topological polar surface area (TPSA) is 67.4 Å². The predicted molar refractivity (Wildman–Crippen MR) is 90.8 cm³/mol. The molecule has 2 amide bonds. The summed E-state index contributed by atoms with van der Waals surface area (Å²) in [5.74, 6) is 0.163. The van der Waals surface area contributed by atoms with E-state index in [0.29, 0.717) is 13.2 Å². The van der Waals surface area contributed by atoms with Crippen molar-refractivity contribution in [2.24, 2.45) is 10.8 Å². The summed E-state index contributed by atoms with van der Waals surface area (Å²) in [5, 5.41) is 5.86. The molecule has 0 aliphatic heterocycles. The van der Waals surface area contributed by atoms with Gasteiger partial charge in [0.15, 0.2) is 0 Å². The van der Waals surface area contributed by atoms with Crippen LogP contribution in [0.25, 0.3) is 0 Å². The summed E-state index contributed by atoms with van der Waals surface area (Å²) in [6.45, 7) is 9.27. The molecule has 2 atom stereocenters. The SMILES string of the molecule is CCOC(=O)NCC1(C)CC(NC(=O)CS)CC(C)(C)C1.[HH].[HH]. The van der Waals surface area contributed by atoms with Gasteiger partial charge in [0.1, 0.15) is 0 Å². The second-order valence-electron chi connectivity index (χ2n) is 7.06. The van der Waals surface area contributed by atoms with Crippen molar-refractivity contribution in [3.05, 3.63) is 0 Å². The van der Waals surface area contributed by atoms with Crippen molar-refractivity contribution in [3.63, 3.8) is 0 Å². The van der Waals surface area contributed by atoms with Crippen molar-refractivity contribution in [1.82, 2.24) is 10.6 Å². The largest absolute Gasteiger partial charge is 0.450 e. The molecule has 21 heavy (non-hydrogen) atoms. The summed E-state index contributed by atoms with van der Waals surface area (Å²) >= 11 is 4.01. The lowest BCUT2D eigenvalue weighted by Crippen LogP contribution is -2.50. The van der Waals surface area contributed by atoms with Gasteiger partial charge in [0.25, 0.3) is 0 Å². The van der Waals surface area contributed by atoms with Gasteiger partial charge in [0, 0.05) is 15.4 Å². The molecule has 0 aromatic heterocycles. The Morgan fingerprint density at radius 3 is 2.57 bits per heavy atom. The van der Waals surface area contributed by atoms with Crippen LogP contribution in [0.4, 0.5) is 4.79 Å². The first-order valence-corrected chi connectivity index (χ1v) is 8.14. The Balaban J connectivity index is 0. The molecule has 0 saturated heterocycles. The van der Waals surface area contributed by atoms with Gasteiger partial charge in [-0.3, -0.25) is 4.79 Å². The van der Waals surface area contributed by atoms with Crippen LogP contribution in [0.3, 0.4) is 0 Å². The third kappa shape index (κ3) is 6.16. The van der Waals surface area contributed by atoms with Crippen molar-refractivity contribution in [1.29, 1.82) is 0 Å². The lowest BCUT2D eigenvalue weighted by atomic mass is 9.62. The second-order valence-corrected chi connectivity index (χ2v) is 7.37. The van der Waals surface area contributed by atoms with E-state index in [1.807, 2.05) is 0 Å². The highest BCUT2D eigenvalue weighted by molar-refractivity contribution is 7.81. The van der Waals surface area contributed by atoms with Crippen molar-refractivity contribution < 1.29 is 17.2 Å². The summed E-state index contributed by atoms with van der Waals surface area (Å²) in [5.41, 5.74) is 0.0704. The molecule has 6 heteroatoms. The number of carbonyl (C=O) groups excluding carboxylic acids is 2. The highest BCUT2D eigenvalue weighted by Crippen LogP contribution is 2.45. The van der Waals surface area contributed by atoms with E-state index in [-0.39, 0.29) is 37.5 Å². The van der Waals surface area contributed by atoms with E-state index in [2.05, 4.69) is 44.0 Å². The van der Waals surface area contributed by atoms with Gasteiger partial charge in [-0.15, -0.1) is 0 Å². The smallest absolute Gasteiger partial charge is 0.407 e. The number of thiol groups is 1. The minimum absolute atomic E-state index is 0. The third-order valence-electron chi connectivity index (χ3n) is 3.89. The van der Waals surface area contributed by atoms with E-state index in [1.165, 1.54) is 0 Å². The molecule has 0 radical (unpaired) electrons. The van der Waals surface area contributed by atoms with E-state index in [0.717, 1.165) is 19.3 Å². The van der Waals surface area contributed by atoms with Gasteiger partial charge in [0.05, 0.1) is 12.4 Å².